The Morgan fingerprint density at radius 3 is 1.82 bits per heavy atom. The fraction of sp³-hybridized carbons (Fsp3) is 1.00. The van der Waals surface area contributed by atoms with Gasteiger partial charge in [0, 0.05) is 0 Å². The molecule has 0 aromatic carbocycles. The first-order valence-corrected chi connectivity index (χ1v) is 8.54. The van der Waals surface area contributed by atoms with Crippen molar-refractivity contribution >= 4 is 12.6 Å². The van der Waals surface area contributed by atoms with Gasteiger partial charge in [-0.15, -0.1) is 0 Å². The highest BCUT2D eigenvalue weighted by atomic mass is 32.1. The van der Waals surface area contributed by atoms with Crippen LogP contribution in [0.5, 0.6) is 0 Å². The smallest absolute Gasteiger partial charge is 0.00979 e. The van der Waals surface area contributed by atoms with Crippen LogP contribution in [0.4, 0.5) is 0 Å². The molecule has 4 saturated carbocycles. The van der Waals surface area contributed by atoms with E-state index >= 15 is 0 Å². The normalized spacial score (nSPS) is 43.2. The second kappa shape index (κ2) is 5.15. The van der Waals surface area contributed by atoms with Crippen LogP contribution >= 0.6 is 12.6 Å². The van der Waals surface area contributed by atoms with Gasteiger partial charge in [-0.1, -0.05) is 19.3 Å². The number of unbranched alkanes of at least 4 members (excludes halogenated alkanes) is 3. The van der Waals surface area contributed by atoms with Crippen molar-refractivity contribution in [2.45, 2.75) is 70.6 Å². The summed E-state index contributed by atoms with van der Waals surface area (Å²) in [6, 6.07) is 0. The lowest BCUT2D eigenvalue weighted by molar-refractivity contribution is -0.0583. The van der Waals surface area contributed by atoms with Crippen LogP contribution in [0.15, 0.2) is 0 Å². The molecule has 0 nitrogen and oxygen atoms in total. The van der Waals surface area contributed by atoms with Crippen LogP contribution in [-0.2, 0) is 0 Å². The van der Waals surface area contributed by atoms with Crippen LogP contribution in [-0.4, -0.2) is 5.75 Å². The summed E-state index contributed by atoms with van der Waals surface area (Å²) in [6.45, 7) is 0. The van der Waals surface area contributed by atoms with Crippen molar-refractivity contribution in [1.82, 2.24) is 0 Å². The minimum Gasteiger partial charge on any atom is -0.179 e. The second-order valence-electron chi connectivity index (χ2n) is 7.31. The van der Waals surface area contributed by atoms with Gasteiger partial charge < -0.3 is 0 Å². The zero-order valence-electron chi connectivity index (χ0n) is 11.2. The third-order valence-electron chi connectivity index (χ3n) is 5.78. The van der Waals surface area contributed by atoms with E-state index in [2.05, 4.69) is 12.6 Å². The lowest BCUT2D eigenvalue weighted by Gasteiger charge is -2.57. The summed E-state index contributed by atoms with van der Waals surface area (Å²) in [5, 5.41) is 0. The van der Waals surface area contributed by atoms with Gasteiger partial charge in [0.2, 0.25) is 0 Å². The summed E-state index contributed by atoms with van der Waals surface area (Å²) < 4.78 is 0. The fourth-order valence-electron chi connectivity index (χ4n) is 5.56. The minimum atomic E-state index is 0.829. The average Bonchev–Trinajstić information content (AvgIpc) is 2.26. The van der Waals surface area contributed by atoms with E-state index in [-0.39, 0.29) is 0 Å². The molecular weight excluding hydrogens is 224 g/mol. The Balaban J connectivity index is 1.49. The van der Waals surface area contributed by atoms with Crippen LogP contribution in [0.1, 0.15) is 70.6 Å². The van der Waals surface area contributed by atoms with E-state index in [0.717, 1.165) is 28.9 Å². The third kappa shape index (κ3) is 2.69. The van der Waals surface area contributed by atoms with Crippen molar-refractivity contribution in [2.24, 2.45) is 23.2 Å². The lowest BCUT2D eigenvalue weighted by Crippen LogP contribution is -2.45. The van der Waals surface area contributed by atoms with Gasteiger partial charge >= 0.3 is 0 Å². The number of hydrogen-bond donors (Lipinski definition) is 1. The summed E-state index contributed by atoms with van der Waals surface area (Å²) >= 11 is 4.30. The largest absolute Gasteiger partial charge is 0.179 e. The summed E-state index contributed by atoms with van der Waals surface area (Å²) in [5.41, 5.74) is 0.829. The highest BCUT2D eigenvalue weighted by molar-refractivity contribution is 7.80. The molecule has 0 aliphatic heterocycles. The Morgan fingerprint density at radius 1 is 0.765 bits per heavy atom. The number of thiol groups is 1. The molecule has 17 heavy (non-hydrogen) atoms. The predicted octanol–water partition coefficient (Wildman–Crippen LogP) is 5.08. The van der Waals surface area contributed by atoms with Gasteiger partial charge in [0.15, 0.2) is 0 Å². The van der Waals surface area contributed by atoms with Crippen molar-refractivity contribution in [3.8, 4) is 0 Å². The lowest BCUT2D eigenvalue weighted by atomic mass is 9.48. The number of rotatable bonds is 6. The molecule has 0 unspecified atom stereocenters. The van der Waals surface area contributed by atoms with Crippen molar-refractivity contribution in [2.75, 3.05) is 5.75 Å². The molecule has 0 N–H and O–H groups in total. The van der Waals surface area contributed by atoms with Crippen molar-refractivity contribution in [1.29, 1.82) is 0 Å². The highest BCUT2D eigenvalue weighted by Gasteiger charge is 2.50. The summed E-state index contributed by atoms with van der Waals surface area (Å²) in [6.07, 6.45) is 16.9. The molecular formula is C16H28S. The first-order valence-electron chi connectivity index (χ1n) is 7.90. The van der Waals surface area contributed by atoms with Gasteiger partial charge in [-0.05, 0) is 80.3 Å². The van der Waals surface area contributed by atoms with Gasteiger partial charge in [0.25, 0.3) is 0 Å². The van der Waals surface area contributed by atoms with Crippen LogP contribution in [0.25, 0.3) is 0 Å². The Morgan fingerprint density at radius 2 is 1.29 bits per heavy atom. The molecule has 0 aromatic heterocycles. The van der Waals surface area contributed by atoms with Crippen LogP contribution < -0.4 is 0 Å². The molecule has 4 aliphatic rings. The van der Waals surface area contributed by atoms with E-state index < -0.39 is 0 Å². The maximum atomic E-state index is 4.30. The summed E-state index contributed by atoms with van der Waals surface area (Å²) in [4.78, 5) is 0. The van der Waals surface area contributed by atoms with Crippen molar-refractivity contribution in [3.05, 3.63) is 0 Å². The minimum absolute atomic E-state index is 0.829. The van der Waals surface area contributed by atoms with E-state index in [1.807, 2.05) is 0 Å². The molecule has 0 amide bonds. The molecule has 98 valence electrons. The van der Waals surface area contributed by atoms with Gasteiger partial charge in [0.1, 0.15) is 0 Å². The molecule has 1 heteroatoms. The average molecular weight is 252 g/mol. The van der Waals surface area contributed by atoms with Crippen LogP contribution in [0.3, 0.4) is 0 Å². The molecule has 4 fully saturated rings. The molecule has 0 spiro atoms. The zero-order valence-corrected chi connectivity index (χ0v) is 12.1. The zero-order chi connectivity index (χ0) is 11.7. The molecule has 4 aliphatic carbocycles. The standard InChI is InChI=1S/C16H28S/c17-6-4-2-1-3-5-16-10-13-7-14(11-16)9-15(8-13)12-16/h13-15,17H,1-12H2. The number of hydrogen-bond acceptors (Lipinski definition) is 1. The van der Waals surface area contributed by atoms with E-state index in [1.54, 1.807) is 44.9 Å². The molecule has 4 rings (SSSR count). The van der Waals surface area contributed by atoms with Gasteiger partial charge in [-0.3, -0.25) is 0 Å². The summed E-state index contributed by atoms with van der Waals surface area (Å²) in [7, 11) is 0. The Kier molecular flexibility index (Phi) is 3.75. The monoisotopic (exact) mass is 252 g/mol. The van der Waals surface area contributed by atoms with Gasteiger partial charge in [0.05, 0.1) is 0 Å². The Hall–Kier alpha value is 0.350. The van der Waals surface area contributed by atoms with E-state index in [9.17, 15) is 0 Å². The van der Waals surface area contributed by atoms with E-state index in [1.165, 1.54) is 25.7 Å². The van der Waals surface area contributed by atoms with Gasteiger partial charge in [-0.2, -0.15) is 12.6 Å². The molecule has 0 heterocycles. The Bertz CT molecular complexity index is 223. The molecule has 0 aromatic rings. The quantitative estimate of drug-likeness (QED) is 0.494. The SMILES string of the molecule is SCCCCCCC12CC3CC(CC(C3)C1)C2. The summed E-state index contributed by atoms with van der Waals surface area (Å²) in [5.74, 6) is 4.49. The Labute approximate surface area is 112 Å². The second-order valence-corrected chi connectivity index (χ2v) is 7.75. The fourth-order valence-corrected chi connectivity index (χ4v) is 5.79. The molecule has 4 bridgehead atoms. The van der Waals surface area contributed by atoms with Gasteiger partial charge in [-0.25, -0.2) is 0 Å². The van der Waals surface area contributed by atoms with Crippen molar-refractivity contribution in [3.63, 3.8) is 0 Å². The van der Waals surface area contributed by atoms with Crippen molar-refractivity contribution < 1.29 is 0 Å². The maximum absolute atomic E-state index is 4.30. The topological polar surface area (TPSA) is 0 Å². The first-order chi connectivity index (χ1) is 8.30. The third-order valence-corrected chi connectivity index (χ3v) is 6.10. The first kappa shape index (κ1) is 12.4. The molecule has 0 saturated heterocycles. The van der Waals surface area contributed by atoms with E-state index in [0.29, 0.717) is 0 Å². The maximum Gasteiger partial charge on any atom is -0.00979 e. The highest BCUT2D eigenvalue weighted by Crippen LogP contribution is 2.61. The van der Waals surface area contributed by atoms with Crippen LogP contribution in [0, 0.1) is 23.2 Å². The molecule has 0 radical (unpaired) electrons. The predicted molar refractivity (Wildman–Crippen MR) is 77.5 cm³/mol. The van der Waals surface area contributed by atoms with Crippen LogP contribution in [0.2, 0.25) is 0 Å². The molecule has 0 atom stereocenters. The van der Waals surface area contributed by atoms with E-state index in [4.69, 9.17) is 0 Å².